The monoisotopic (exact) mass is 280 g/mol. The van der Waals surface area contributed by atoms with E-state index in [1.807, 2.05) is 18.2 Å². The molecule has 0 saturated carbocycles. The topological polar surface area (TPSA) is 42.7 Å². The molecule has 21 heavy (non-hydrogen) atoms. The number of fused-ring (bicyclic) bond motifs is 1. The van der Waals surface area contributed by atoms with Crippen molar-refractivity contribution in [2.75, 3.05) is 11.9 Å². The van der Waals surface area contributed by atoms with E-state index in [9.17, 15) is 4.39 Å². The lowest BCUT2D eigenvalue weighted by molar-refractivity contribution is 0.612. The van der Waals surface area contributed by atoms with E-state index >= 15 is 0 Å². The Kier molecular flexibility index (Phi) is 2.70. The number of nitrogens with zero attached hydrogens (tertiary/aromatic N) is 3. The molecule has 3 heterocycles. The molecule has 0 bridgehead atoms. The van der Waals surface area contributed by atoms with Gasteiger partial charge in [0.1, 0.15) is 17.3 Å². The molecule has 0 spiro atoms. The normalized spacial score (nSPS) is 13.0. The largest absolute Gasteiger partial charge is 0.369 e. The van der Waals surface area contributed by atoms with E-state index in [0.29, 0.717) is 5.69 Å². The van der Waals surface area contributed by atoms with Gasteiger partial charge in [-0.3, -0.25) is 4.98 Å². The average molecular weight is 280 g/mol. The number of para-hydroxylation sites is 1. The van der Waals surface area contributed by atoms with Crippen LogP contribution >= 0.6 is 0 Å². The Morgan fingerprint density at radius 1 is 1.14 bits per heavy atom. The van der Waals surface area contributed by atoms with Gasteiger partial charge in [-0.05, 0) is 30.7 Å². The highest BCUT2D eigenvalue weighted by molar-refractivity contribution is 5.72. The maximum Gasteiger partial charge on any atom is 0.148 e. The second-order valence-electron chi connectivity index (χ2n) is 4.96. The molecule has 0 saturated heterocycles. The number of nitrogens with one attached hydrogen (secondary N) is 1. The summed E-state index contributed by atoms with van der Waals surface area (Å²) in [6.07, 6.45) is 4.40. The summed E-state index contributed by atoms with van der Waals surface area (Å²) >= 11 is 0. The van der Waals surface area contributed by atoms with Gasteiger partial charge in [0.2, 0.25) is 0 Å². The molecule has 0 fully saturated rings. The number of pyridine rings is 1. The first-order chi connectivity index (χ1) is 10.3. The number of rotatable bonds is 2. The highest BCUT2D eigenvalue weighted by atomic mass is 19.1. The zero-order chi connectivity index (χ0) is 14.2. The highest BCUT2D eigenvalue weighted by Gasteiger charge is 2.24. The van der Waals surface area contributed by atoms with Crippen LogP contribution in [0.1, 0.15) is 5.56 Å². The number of halogens is 1. The summed E-state index contributed by atoms with van der Waals surface area (Å²) < 4.78 is 15.7. The maximum absolute atomic E-state index is 14.1. The number of aromatic nitrogens is 3. The number of benzene rings is 1. The summed E-state index contributed by atoms with van der Waals surface area (Å²) in [5, 5.41) is 7.91. The van der Waals surface area contributed by atoms with Crippen molar-refractivity contribution in [2.45, 2.75) is 6.42 Å². The Morgan fingerprint density at radius 2 is 2.05 bits per heavy atom. The fourth-order valence-electron chi connectivity index (χ4n) is 2.71. The minimum Gasteiger partial charge on any atom is -0.369 e. The van der Waals surface area contributed by atoms with Crippen molar-refractivity contribution >= 4 is 5.82 Å². The molecule has 0 aliphatic carbocycles. The zero-order valence-electron chi connectivity index (χ0n) is 11.3. The van der Waals surface area contributed by atoms with E-state index in [-0.39, 0.29) is 5.82 Å². The summed E-state index contributed by atoms with van der Waals surface area (Å²) in [5.74, 6) is 0.591. The fraction of sp³-hybridized carbons (Fsp3) is 0.125. The van der Waals surface area contributed by atoms with Crippen LogP contribution in [-0.4, -0.2) is 21.3 Å². The second kappa shape index (κ2) is 4.70. The number of hydrogen-bond donors (Lipinski definition) is 1. The summed E-state index contributed by atoms with van der Waals surface area (Å²) in [6.45, 7) is 0.842. The Hall–Kier alpha value is -2.69. The first kappa shape index (κ1) is 12.1. The zero-order valence-corrected chi connectivity index (χ0v) is 11.3. The van der Waals surface area contributed by atoms with Crippen molar-refractivity contribution in [1.29, 1.82) is 0 Å². The standard InChI is InChI=1S/C16H13FN4/c17-13-5-1-2-6-14(13)21-16-12(7-9-19-16)15(20-21)11-4-3-8-18-10-11/h1-6,8,10,19H,7,9H2. The molecule has 0 unspecified atom stereocenters. The number of anilines is 1. The summed E-state index contributed by atoms with van der Waals surface area (Å²) in [5.41, 5.74) is 3.39. The van der Waals surface area contributed by atoms with E-state index in [4.69, 9.17) is 0 Å². The Balaban J connectivity index is 1.93. The minimum absolute atomic E-state index is 0.283. The van der Waals surface area contributed by atoms with Gasteiger partial charge >= 0.3 is 0 Å². The molecule has 4 nitrogen and oxygen atoms in total. The van der Waals surface area contributed by atoms with Gasteiger partial charge in [0.15, 0.2) is 0 Å². The van der Waals surface area contributed by atoms with Crippen LogP contribution in [-0.2, 0) is 6.42 Å². The van der Waals surface area contributed by atoms with Crippen LogP contribution in [0.3, 0.4) is 0 Å². The molecule has 1 N–H and O–H groups in total. The van der Waals surface area contributed by atoms with Crippen LogP contribution in [0.4, 0.5) is 10.2 Å². The van der Waals surface area contributed by atoms with Crippen LogP contribution in [0, 0.1) is 5.82 Å². The SMILES string of the molecule is Fc1ccccc1-n1nc(-c2cccnc2)c2c1NCC2. The number of hydrogen-bond acceptors (Lipinski definition) is 3. The molecule has 1 aliphatic rings. The van der Waals surface area contributed by atoms with E-state index in [1.54, 1.807) is 29.2 Å². The highest BCUT2D eigenvalue weighted by Crippen LogP contribution is 2.34. The van der Waals surface area contributed by atoms with Crippen molar-refractivity contribution < 1.29 is 4.39 Å². The lowest BCUT2D eigenvalue weighted by Crippen LogP contribution is -2.05. The van der Waals surface area contributed by atoms with Gasteiger partial charge < -0.3 is 5.32 Å². The van der Waals surface area contributed by atoms with E-state index in [1.165, 1.54) is 6.07 Å². The Bertz CT molecular complexity index is 795. The van der Waals surface area contributed by atoms with Gasteiger partial charge in [-0.2, -0.15) is 5.10 Å². The molecule has 3 aromatic rings. The van der Waals surface area contributed by atoms with Crippen molar-refractivity contribution in [3.05, 3.63) is 60.2 Å². The smallest absolute Gasteiger partial charge is 0.148 e. The Morgan fingerprint density at radius 3 is 2.86 bits per heavy atom. The van der Waals surface area contributed by atoms with E-state index in [0.717, 1.165) is 35.6 Å². The van der Waals surface area contributed by atoms with Gasteiger partial charge in [0.05, 0.1) is 5.69 Å². The fourth-order valence-corrected chi connectivity index (χ4v) is 2.71. The van der Waals surface area contributed by atoms with Gasteiger partial charge in [0.25, 0.3) is 0 Å². The third kappa shape index (κ3) is 1.89. The van der Waals surface area contributed by atoms with E-state index < -0.39 is 0 Å². The van der Waals surface area contributed by atoms with Crippen molar-refractivity contribution in [3.8, 4) is 16.9 Å². The quantitative estimate of drug-likeness (QED) is 0.784. The van der Waals surface area contributed by atoms with Crippen LogP contribution in [0.25, 0.3) is 16.9 Å². The average Bonchev–Trinajstić information content (AvgIpc) is 3.11. The molecular formula is C16H13FN4. The predicted octanol–water partition coefficient (Wildman–Crippen LogP) is 3.04. The summed E-state index contributed by atoms with van der Waals surface area (Å²) in [4.78, 5) is 4.14. The predicted molar refractivity (Wildman–Crippen MR) is 78.9 cm³/mol. The minimum atomic E-state index is -0.283. The Labute approximate surface area is 121 Å². The molecular weight excluding hydrogens is 267 g/mol. The lowest BCUT2D eigenvalue weighted by atomic mass is 10.1. The van der Waals surface area contributed by atoms with Gasteiger partial charge in [-0.15, -0.1) is 0 Å². The molecule has 0 radical (unpaired) electrons. The van der Waals surface area contributed by atoms with Crippen LogP contribution in [0.15, 0.2) is 48.8 Å². The van der Waals surface area contributed by atoms with Gasteiger partial charge in [0, 0.05) is 30.1 Å². The molecule has 104 valence electrons. The molecule has 2 aromatic heterocycles. The van der Waals surface area contributed by atoms with Crippen molar-refractivity contribution in [2.24, 2.45) is 0 Å². The molecule has 5 heteroatoms. The molecule has 0 amide bonds. The van der Waals surface area contributed by atoms with Crippen LogP contribution in [0.5, 0.6) is 0 Å². The van der Waals surface area contributed by atoms with Gasteiger partial charge in [-0.25, -0.2) is 9.07 Å². The van der Waals surface area contributed by atoms with Crippen molar-refractivity contribution in [3.63, 3.8) is 0 Å². The second-order valence-corrected chi connectivity index (χ2v) is 4.96. The molecule has 1 aromatic carbocycles. The van der Waals surface area contributed by atoms with E-state index in [2.05, 4.69) is 15.4 Å². The van der Waals surface area contributed by atoms with Crippen LogP contribution < -0.4 is 5.32 Å². The van der Waals surface area contributed by atoms with Crippen molar-refractivity contribution in [1.82, 2.24) is 14.8 Å². The molecule has 0 atom stereocenters. The summed E-state index contributed by atoms with van der Waals surface area (Å²) in [6, 6.07) is 10.5. The maximum atomic E-state index is 14.1. The van der Waals surface area contributed by atoms with Crippen LogP contribution in [0.2, 0.25) is 0 Å². The van der Waals surface area contributed by atoms with Gasteiger partial charge in [-0.1, -0.05) is 12.1 Å². The summed E-state index contributed by atoms with van der Waals surface area (Å²) in [7, 11) is 0. The first-order valence-electron chi connectivity index (χ1n) is 6.85. The first-order valence-corrected chi connectivity index (χ1v) is 6.85. The third-order valence-corrected chi connectivity index (χ3v) is 3.67. The molecule has 1 aliphatic heterocycles. The molecule has 4 rings (SSSR count). The lowest BCUT2D eigenvalue weighted by Gasteiger charge is -2.07. The third-order valence-electron chi connectivity index (χ3n) is 3.67.